The monoisotopic (exact) mass is 760 g/mol. The first-order chi connectivity index (χ1) is 23.9. The molecule has 0 fully saturated rings. The summed E-state index contributed by atoms with van der Waals surface area (Å²) >= 11 is 0. The molecule has 6 nitrogen and oxygen atoms in total. The van der Waals surface area contributed by atoms with Crippen LogP contribution in [-0.2, 0) is 13.1 Å². The summed E-state index contributed by atoms with van der Waals surface area (Å²) in [5.41, 5.74) is -16.1. The highest BCUT2D eigenvalue weighted by Gasteiger charge is 2.36. The number of hydrogen-bond donors (Lipinski definition) is 0. The van der Waals surface area contributed by atoms with Crippen LogP contribution in [0.15, 0.2) is 19.2 Å². The van der Waals surface area contributed by atoms with E-state index in [4.69, 9.17) is 0 Å². The molecule has 2 aromatic heterocycles. The van der Waals surface area contributed by atoms with Crippen molar-refractivity contribution in [1.82, 2.24) is 9.13 Å². The van der Waals surface area contributed by atoms with Gasteiger partial charge in [0.25, 0.3) is 22.2 Å². The standard InChI is InChI=1S/C30H4F16N2O4/c31-15-9(16(32)20(36)23(39)19(15)35)3-1-7-11-13(27(51)47(25(11)49)5-29(41,42)43)8(2-4-10-17(33)21(37)24(40)22(38)18(10)34)14-12(7)26(50)48(28(14)52)6-30(44,45)46/h5-6H2. The third kappa shape index (κ3) is 5.82. The van der Waals surface area contributed by atoms with Gasteiger partial charge in [-0.25, -0.2) is 43.9 Å². The van der Waals surface area contributed by atoms with E-state index in [0.717, 1.165) is 0 Å². The first-order valence-electron chi connectivity index (χ1n) is 13.1. The molecular formula is C30H4F16N2O4. The zero-order valence-corrected chi connectivity index (χ0v) is 24.0. The van der Waals surface area contributed by atoms with Gasteiger partial charge in [0.05, 0.1) is 32.7 Å². The summed E-state index contributed by atoms with van der Waals surface area (Å²) in [5.74, 6) is -21.3. The Morgan fingerprint density at radius 2 is 0.538 bits per heavy atom. The van der Waals surface area contributed by atoms with Gasteiger partial charge in [-0.1, -0.05) is 23.7 Å². The molecule has 0 radical (unpaired) electrons. The smallest absolute Gasteiger partial charge is 0.269 e. The van der Waals surface area contributed by atoms with E-state index in [2.05, 4.69) is 0 Å². The fraction of sp³-hybridized carbons (Fsp3) is 0.133. The second kappa shape index (κ2) is 12.3. The molecule has 52 heavy (non-hydrogen) atoms. The number of nitrogens with zero attached hydrogens (tertiary/aromatic N) is 2. The normalized spacial score (nSPS) is 12.0. The van der Waals surface area contributed by atoms with Gasteiger partial charge >= 0.3 is 12.4 Å². The SMILES string of the molecule is O=c1c2c(C#Cc3c(F)c(F)c(F)c(F)c3F)c3c(=O)n(CC(F)(F)F)c(=O)c3c(C#Cc3c(F)c(F)c(F)c(F)c3F)c2c(=O)n1CC(F)(F)F. The third-order valence-electron chi connectivity index (χ3n) is 7.06. The molecule has 0 aliphatic carbocycles. The van der Waals surface area contributed by atoms with Crippen LogP contribution in [-0.4, -0.2) is 21.5 Å². The summed E-state index contributed by atoms with van der Waals surface area (Å²) in [6, 6.07) is 0. The average Bonchev–Trinajstić information content (AvgIpc) is 3.44. The van der Waals surface area contributed by atoms with Crippen LogP contribution in [0.3, 0.4) is 0 Å². The molecule has 0 aliphatic heterocycles. The molecule has 270 valence electrons. The van der Waals surface area contributed by atoms with Crippen LogP contribution in [0.2, 0.25) is 0 Å². The van der Waals surface area contributed by atoms with E-state index < -0.39 is 159 Å². The van der Waals surface area contributed by atoms with Gasteiger partial charge in [0.15, 0.2) is 46.5 Å². The molecule has 0 unspecified atom stereocenters. The van der Waals surface area contributed by atoms with Crippen LogP contribution in [0.1, 0.15) is 22.3 Å². The number of aromatic nitrogens is 2. The van der Waals surface area contributed by atoms with Crippen LogP contribution in [0.4, 0.5) is 70.2 Å². The van der Waals surface area contributed by atoms with E-state index in [-0.39, 0.29) is 0 Å². The summed E-state index contributed by atoms with van der Waals surface area (Å²) in [5, 5.41) is -6.55. The van der Waals surface area contributed by atoms with E-state index in [1.807, 2.05) is 0 Å². The largest absolute Gasteiger partial charge is 0.406 e. The lowest BCUT2D eigenvalue weighted by Crippen LogP contribution is -2.33. The maximum atomic E-state index is 14.4. The second-order valence-electron chi connectivity index (χ2n) is 10.3. The molecule has 22 heteroatoms. The molecular weight excluding hydrogens is 756 g/mol. The molecule has 3 aromatic carbocycles. The Morgan fingerprint density at radius 3 is 0.750 bits per heavy atom. The summed E-state index contributed by atoms with van der Waals surface area (Å²) in [6.45, 7) is -5.05. The van der Waals surface area contributed by atoms with Crippen molar-refractivity contribution in [3.05, 3.63) is 122 Å². The fourth-order valence-electron chi connectivity index (χ4n) is 4.90. The van der Waals surface area contributed by atoms with Gasteiger partial charge in [0.1, 0.15) is 24.2 Å². The predicted molar refractivity (Wildman–Crippen MR) is 141 cm³/mol. The molecule has 5 aromatic rings. The first kappa shape index (κ1) is 37.2. The Bertz CT molecular complexity index is 2430. The summed E-state index contributed by atoms with van der Waals surface area (Å²) in [4.78, 5) is 53.1. The Labute approximate surface area is 272 Å². The van der Waals surface area contributed by atoms with E-state index in [1.165, 1.54) is 23.7 Å². The molecule has 0 N–H and O–H groups in total. The Kier molecular flexibility index (Phi) is 8.81. The van der Waals surface area contributed by atoms with E-state index in [0.29, 0.717) is 0 Å². The van der Waals surface area contributed by atoms with Crippen LogP contribution in [0.5, 0.6) is 0 Å². The van der Waals surface area contributed by atoms with Crippen molar-refractivity contribution in [3.8, 4) is 23.7 Å². The van der Waals surface area contributed by atoms with E-state index in [1.54, 1.807) is 0 Å². The number of fused-ring (bicyclic) bond motifs is 2. The van der Waals surface area contributed by atoms with Gasteiger partial charge in [-0.3, -0.25) is 28.3 Å². The van der Waals surface area contributed by atoms with Crippen molar-refractivity contribution in [2.75, 3.05) is 0 Å². The Hall–Kier alpha value is -6.06. The highest BCUT2D eigenvalue weighted by molar-refractivity contribution is 6.09. The molecule has 0 spiro atoms. The summed E-state index contributed by atoms with van der Waals surface area (Å²) in [6.07, 6.45) is -11.0. The number of rotatable bonds is 2. The quantitative estimate of drug-likeness (QED) is 0.107. The zero-order chi connectivity index (χ0) is 39.1. The minimum absolute atomic E-state index is 0.713. The van der Waals surface area contributed by atoms with Gasteiger partial charge in [0.2, 0.25) is 11.6 Å². The van der Waals surface area contributed by atoms with Crippen LogP contribution >= 0.6 is 0 Å². The predicted octanol–water partition coefficient (Wildman–Crippen LogP) is 5.23. The molecule has 0 amide bonds. The van der Waals surface area contributed by atoms with Gasteiger partial charge in [-0.15, -0.1) is 0 Å². The maximum absolute atomic E-state index is 14.4. The number of benzene rings is 3. The zero-order valence-electron chi connectivity index (χ0n) is 24.0. The third-order valence-corrected chi connectivity index (χ3v) is 7.06. The van der Waals surface area contributed by atoms with Crippen LogP contribution in [0.25, 0.3) is 21.5 Å². The minimum atomic E-state index is -5.48. The molecule has 0 bridgehead atoms. The lowest BCUT2D eigenvalue weighted by Gasteiger charge is -2.05. The topological polar surface area (TPSA) is 78.1 Å². The molecule has 0 saturated carbocycles. The van der Waals surface area contributed by atoms with E-state index in [9.17, 15) is 89.4 Å². The lowest BCUT2D eigenvalue weighted by atomic mass is 9.96. The Balaban J connectivity index is 2.09. The fourth-order valence-corrected chi connectivity index (χ4v) is 4.90. The summed E-state index contributed by atoms with van der Waals surface area (Å²) in [7, 11) is 0. The van der Waals surface area contributed by atoms with Crippen molar-refractivity contribution < 1.29 is 70.2 Å². The van der Waals surface area contributed by atoms with Crippen molar-refractivity contribution in [3.63, 3.8) is 0 Å². The van der Waals surface area contributed by atoms with Gasteiger partial charge < -0.3 is 0 Å². The van der Waals surface area contributed by atoms with Gasteiger partial charge in [0, 0.05) is 0 Å². The maximum Gasteiger partial charge on any atom is 0.406 e. The van der Waals surface area contributed by atoms with Crippen LogP contribution < -0.4 is 22.2 Å². The van der Waals surface area contributed by atoms with Crippen molar-refractivity contribution in [1.29, 1.82) is 0 Å². The molecule has 2 heterocycles. The average molecular weight is 760 g/mol. The highest BCUT2D eigenvalue weighted by Crippen LogP contribution is 2.30. The minimum Gasteiger partial charge on any atom is -0.269 e. The van der Waals surface area contributed by atoms with Crippen molar-refractivity contribution in [2.24, 2.45) is 0 Å². The first-order valence-corrected chi connectivity index (χ1v) is 13.1. The number of halogens is 16. The van der Waals surface area contributed by atoms with Crippen molar-refractivity contribution in [2.45, 2.75) is 25.4 Å². The molecule has 0 aliphatic rings. The van der Waals surface area contributed by atoms with Crippen molar-refractivity contribution >= 4 is 21.5 Å². The lowest BCUT2D eigenvalue weighted by molar-refractivity contribution is -0.142. The van der Waals surface area contributed by atoms with Crippen LogP contribution in [0, 0.1) is 81.9 Å². The molecule has 0 saturated heterocycles. The van der Waals surface area contributed by atoms with Gasteiger partial charge in [-0.05, 0) is 0 Å². The molecule has 0 atom stereocenters. The number of hydrogen-bond acceptors (Lipinski definition) is 4. The van der Waals surface area contributed by atoms with E-state index >= 15 is 0 Å². The number of alkyl halides is 6. The highest BCUT2D eigenvalue weighted by atomic mass is 19.4. The molecule has 5 rings (SSSR count). The summed E-state index contributed by atoms with van der Waals surface area (Å²) < 4.78 is 219. The Morgan fingerprint density at radius 1 is 0.346 bits per heavy atom. The van der Waals surface area contributed by atoms with Gasteiger partial charge in [-0.2, -0.15) is 26.3 Å². The second-order valence-corrected chi connectivity index (χ2v) is 10.3.